The molecule has 8 heteroatoms. The van der Waals surface area contributed by atoms with E-state index < -0.39 is 16.6 Å². The maximum atomic E-state index is 13.8. The second-order valence-electron chi connectivity index (χ2n) is 5.09. The third kappa shape index (κ3) is 3.24. The molecule has 0 N–H and O–H groups in total. The molecule has 1 heterocycles. The summed E-state index contributed by atoms with van der Waals surface area (Å²) in [5.41, 5.74) is 0.512. The van der Waals surface area contributed by atoms with Crippen molar-refractivity contribution < 1.29 is 14.1 Å². The number of carbonyl (C=O) groups is 1. The molecule has 0 saturated carbocycles. The number of carbonyl (C=O) groups excluding carboxylic acids is 1. The Hall–Kier alpha value is -3.13. The first-order valence-electron chi connectivity index (χ1n) is 7.23. The molecule has 0 bridgehead atoms. The zero-order valence-electron chi connectivity index (χ0n) is 12.9. The van der Waals surface area contributed by atoms with Crippen LogP contribution < -0.4 is 4.80 Å². The first-order chi connectivity index (χ1) is 12.0. The number of nitro groups is 1. The topological polar surface area (TPSA) is 77.5 Å². The van der Waals surface area contributed by atoms with Crippen molar-refractivity contribution in [3.8, 4) is 0 Å². The number of nitrogens with zero attached hydrogens (tertiary/aromatic N) is 3. The molecule has 0 spiro atoms. The van der Waals surface area contributed by atoms with Gasteiger partial charge in [0.25, 0.3) is 11.6 Å². The first kappa shape index (κ1) is 16.7. The Morgan fingerprint density at radius 1 is 1.36 bits per heavy atom. The minimum Gasteiger partial charge on any atom is -0.312 e. The van der Waals surface area contributed by atoms with E-state index in [1.165, 1.54) is 30.3 Å². The van der Waals surface area contributed by atoms with Crippen LogP contribution in [-0.2, 0) is 6.54 Å². The lowest BCUT2D eigenvalue weighted by molar-refractivity contribution is -0.384. The second-order valence-corrected chi connectivity index (χ2v) is 6.10. The highest BCUT2D eigenvalue weighted by Gasteiger charge is 2.14. The summed E-state index contributed by atoms with van der Waals surface area (Å²) in [6.07, 6.45) is 1.63. The van der Waals surface area contributed by atoms with Gasteiger partial charge in [-0.1, -0.05) is 29.5 Å². The zero-order chi connectivity index (χ0) is 18.0. The Morgan fingerprint density at radius 2 is 2.12 bits per heavy atom. The van der Waals surface area contributed by atoms with Crippen LogP contribution in [0.3, 0.4) is 0 Å². The molecule has 0 atom stereocenters. The van der Waals surface area contributed by atoms with Crippen LogP contribution in [0.15, 0.2) is 60.1 Å². The van der Waals surface area contributed by atoms with Crippen LogP contribution in [0, 0.1) is 15.9 Å². The molecule has 1 aromatic heterocycles. The lowest BCUT2D eigenvalue weighted by Gasteiger charge is -2.01. The normalized spacial score (nSPS) is 11.6. The minimum atomic E-state index is -0.711. The summed E-state index contributed by atoms with van der Waals surface area (Å²) >= 11 is 1.13. The highest BCUT2D eigenvalue weighted by atomic mass is 32.1. The van der Waals surface area contributed by atoms with E-state index in [1.54, 1.807) is 22.8 Å². The van der Waals surface area contributed by atoms with Crippen molar-refractivity contribution in [2.75, 3.05) is 0 Å². The van der Waals surface area contributed by atoms with Crippen molar-refractivity contribution in [2.45, 2.75) is 6.54 Å². The number of hydrogen-bond donors (Lipinski definition) is 0. The predicted octanol–water partition coefficient (Wildman–Crippen LogP) is 3.68. The summed E-state index contributed by atoms with van der Waals surface area (Å²) in [5.74, 6) is -1.36. The molecule has 1 amide bonds. The van der Waals surface area contributed by atoms with Crippen LogP contribution in [0.2, 0.25) is 0 Å². The Morgan fingerprint density at radius 3 is 2.80 bits per heavy atom. The average molecular weight is 357 g/mol. The highest BCUT2D eigenvalue weighted by molar-refractivity contribution is 7.16. The van der Waals surface area contributed by atoms with E-state index in [-0.39, 0.29) is 11.3 Å². The molecule has 3 rings (SSSR count). The summed E-state index contributed by atoms with van der Waals surface area (Å²) in [4.78, 5) is 27.1. The number of amides is 1. The molecular formula is C17H12FN3O3S. The summed E-state index contributed by atoms with van der Waals surface area (Å²) in [7, 11) is 0. The first-order valence-corrected chi connectivity index (χ1v) is 8.05. The number of non-ortho nitro benzene ring substituents is 1. The molecule has 3 aromatic rings. The average Bonchev–Trinajstić information content (AvgIpc) is 2.92. The van der Waals surface area contributed by atoms with Gasteiger partial charge in [0.05, 0.1) is 20.7 Å². The Labute approximate surface area is 145 Å². The number of fused-ring (bicyclic) bond motifs is 1. The fourth-order valence-electron chi connectivity index (χ4n) is 2.35. The Kier molecular flexibility index (Phi) is 4.53. The number of rotatable bonds is 4. The number of halogens is 1. The molecule has 0 aliphatic carbocycles. The van der Waals surface area contributed by atoms with Gasteiger partial charge in [0.1, 0.15) is 5.82 Å². The Bertz CT molecular complexity index is 1070. The zero-order valence-corrected chi connectivity index (χ0v) is 13.7. The van der Waals surface area contributed by atoms with Crippen LogP contribution in [0.4, 0.5) is 10.1 Å². The van der Waals surface area contributed by atoms with Crippen LogP contribution >= 0.6 is 11.3 Å². The van der Waals surface area contributed by atoms with Gasteiger partial charge < -0.3 is 4.57 Å². The van der Waals surface area contributed by atoms with Crippen molar-refractivity contribution in [3.63, 3.8) is 0 Å². The SMILES string of the molecule is C=CCn1c(=NC(=O)c2ccccc2F)sc2cc([N+](=O)[O-])ccc21. The van der Waals surface area contributed by atoms with Gasteiger partial charge >= 0.3 is 0 Å². The monoisotopic (exact) mass is 357 g/mol. The predicted molar refractivity (Wildman–Crippen MR) is 93.0 cm³/mol. The number of hydrogen-bond acceptors (Lipinski definition) is 4. The van der Waals surface area contributed by atoms with Gasteiger partial charge in [0.15, 0.2) is 4.80 Å². The van der Waals surface area contributed by atoms with Gasteiger partial charge in [-0.3, -0.25) is 14.9 Å². The molecule has 126 valence electrons. The third-order valence-electron chi connectivity index (χ3n) is 3.49. The standard InChI is InChI=1S/C17H12FN3O3S/c1-2-9-20-14-8-7-11(21(23)24)10-15(14)25-17(20)19-16(22)12-5-3-4-6-13(12)18/h2-8,10H,1,9H2. The van der Waals surface area contributed by atoms with Gasteiger partial charge in [0, 0.05) is 18.7 Å². The lowest BCUT2D eigenvalue weighted by Crippen LogP contribution is -2.16. The molecule has 25 heavy (non-hydrogen) atoms. The fourth-order valence-corrected chi connectivity index (χ4v) is 3.42. The minimum absolute atomic E-state index is 0.0496. The van der Waals surface area contributed by atoms with Gasteiger partial charge in [-0.05, 0) is 18.2 Å². The van der Waals surface area contributed by atoms with E-state index >= 15 is 0 Å². The molecule has 0 unspecified atom stereocenters. The largest absolute Gasteiger partial charge is 0.312 e. The van der Waals surface area contributed by atoms with Crippen molar-refractivity contribution >= 4 is 33.1 Å². The molecule has 0 aliphatic heterocycles. The second kappa shape index (κ2) is 6.78. The van der Waals surface area contributed by atoms with Crippen LogP contribution in [0.5, 0.6) is 0 Å². The number of allylic oxidation sites excluding steroid dienone is 1. The molecule has 0 fully saturated rings. The van der Waals surface area contributed by atoms with Gasteiger partial charge in [0.2, 0.25) is 0 Å². The van der Waals surface area contributed by atoms with Crippen molar-refractivity contribution in [2.24, 2.45) is 4.99 Å². The summed E-state index contributed by atoms with van der Waals surface area (Å²) in [5, 5.41) is 10.9. The fraction of sp³-hybridized carbons (Fsp3) is 0.0588. The van der Waals surface area contributed by atoms with E-state index in [9.17, 15) is 19.3 Å². The van der Waals surface area contributed by atoms with Crippen molar-refractivity contribution in [1.82, 2.24) is 4.57 Å². The third-order valence-corrected chi connectivity index (χ3v) is 4.53. The van der Waals surface area contributed by atoms with Gasteiger partial charge in [-0.25, -0.2) is 4.39 Å². The molecule has 0 radical (unpaired) electrons. The summed E-state index contributed by atoms with van der Waals surface area (Å²) in [6, 6.07) is 10.00. The highest BCUT2D eigenvalue weighted by Crippen LogP contribution is 2.23. The number of nitro benzene ring substituents is 1. The molecule has 0 aliphatic rings. The van der Waals surface area contributed by atoms with E-state index in [0.29, 0.717) is 21.6 Å². The lowest BCUT2D eigenvalue weighted by atomic mass is 10.2. The van der Waals surface area contributed by atoms with Crippen LogP contribution in [0.25, 0.3) is 10.2 Å². The van der Waals surface area contributed by atoms with E-state index in [4.69, 9.17) is 0 Å². The summed E-state index contributed by atoms with van der Waals surface area (Å²) in [6.45, 7) is 4.03. The molecule has 2 aromatic carbocycles. The number of aromatic nitrogens is 1. The number of thiazole rings is 1. The van der Waals surface area contributed by atoms with Gasteiger partial charge in [-0.15, -0.1) is 6.58 Å². The van der Waals surface area contributed by atoms with E-state index in [0.717, 1.165) is 11.3 Å². The molecule has 6 nitrogen and oxygen atoms in total. The molecule has 0 saturated heterocycles. The summed E-state index contributed by atoms with van der Waals surface area (Å²) < 4.78 is 16.1. The van der Waals surface area contributed by atoms with Gasteiger partial charge in [-0.2, -0.15) is 4.99 Å². The number of benzene rings is 2. The van der Waals surface area contributed by atoms with Crippen molar-refractivity contribution in [3.05, 3.63) is 81.4 Å². The smallest absolute Gasteiger partial charge is 0.282 e. The van der Waals surface area contributed by atoms with Crippen LogP contribution in [0.1, 0.15) is 10.4 Å². The quantitative estimate of drug-likeness (QED) is 0.406. The maximum absolute atomic E-state index is 13.8. The van der Waals surface area contributed by atoms with Crippen LogP contribution in [-0.4, -0.2) is 15.4 Å². The van der Waals surface area contributed by atoms with E-state index in [1.807, 2.05) is 0 Å². The van der Waals surface area contributed by atoms with Crippen molar-refractivity contribution in [1.29, 1.82) is 0 Å². The van der Waals surface area contributed by atoms with E-state index in [2.05, 4.69) is 11.6 Å². The Balaban J connectivity index is 2.18. The maximum Gasteiger partial charge on any atom is 0.282 e. The molecular weight excluding hydrogens is 345 g/mol.